The van der Waals surface area contributed by atoms with Crippen molar-refractivity contribution in [3.05, 3.63) is 71.3 Å². The van der Waals surface area contributed by atoms with Crippen LogP contribution in [0.3, 0.4) is 0 Å². The summed E-state index contributed by atoms with van der Waals surface area (Å²) in [6, 6.07) is 12.1. The third-order valence-corrected chi connectivity index (χ3v) is 3.58. The van der Waals surface area contributed by atoms with Crippen LogP contribution < -0.4 is 5.32 Å². The summed E-state index contributed by atoms with van der Waals surface area (Å²) in [6.45, 7) is 0. The van der Waals surface area contributed by atoms with E-state index in [2.05, 4.69) is 27.4 Å². The van der Waals surface area contributed by atoms with Crippen LogP contribution in [-0.2, 0) is 0 Å². The Morgan fingerprint density at radius 2 is 2.00 bits per heavy atom. The molecular weight excluding hydrogens is 270 g/mol. The molecule has 0 fully saturated rings. The lowest BCUT2D eigenvalue weighted by Gasteiger charge is -2.18. The number of aromatic nitrogens is 2. The quantitative estimate of drug-likeness (QED) is 0.798. The Labute approximate surface area is 122 Å². The molecule has 3 rings (SSSR count). The van der Waals surface area contributed by atoms with Crippen LogP contribution in [0, 0.1) is 0 Å². The minimum Gasteiger partial charge on any atom is -0.308 e. The second kappa shape index (κ2) is 5.57. The van der Waals surface area contributed by atoms with Crippen molar-refractivity contribution in [1.82, 2.24) is 15.3 Å². The average molecular weight is 284 g/mol. The SMILES string of the molecule is CNC(c1ccc(Cl)cn1)c1cccc2cnccc12. The summed E-state index contributed by atoms with van der Waals surface area (Å²) < 4.78 is 0. The van der Waals surface area contributed by atoms with E-state index >= 15 is 0 Å². The minimum atomic E-state index is 0.0263. The van der Waals surface area contributed by atoms with Gasteiger partial charge in [0.1, 0.15) is 0 Å². The highest BCUT2D eigenvalue weighted by atomic mass is 35.5. The lowest BCUT2D eigenvalue weighted by Crippen LogP contribution is -2.19. The second-order valence-corrected chi connectivity index (χ2v) is 5.00. The highest BCUT2D eigenvalue weighted by Crippen LogP contribution is 2.27. The van der Waals surface area contributed by atoms with E-state index in [-0.39, 0.29) is 6.04 Å². The van der Waals surface area contributed by atoms with Gasteiger partial charge in [-0.3, -0.25) is 9.97 Å². The molecule has 0 amide bonds. The Hall–Kier alpha value is -1.97. The smallest absolute Gasteiger partial charge is 0.0755 e. The van der Waals surface area contributed by atoms with Crippen LogP contribution >= 0.6 is 11.6 Å². The standard InChI is InChI=1S/C16H14ClN3/c1-18-16(15-6-5-12(17)10-20-15)14-4-2-3-11-9-19-8-7-13(11)14/h2-10,16,18H,1H3. The van der Waals surface area contributed by atoms with Crippen LogP contribution in [0.25, 0.3) is 10.8 Å². The first-order chi connectivity index (χ1) is 9.79. The van der Waals surface area contributed by atoms with E-state index in [1.54, 1.807) is 6.20 Å². The molecule has 0 spiro atoms. The summed E-state index contributed by atoms with van der Waals surface area (Å²) in [5.74, 6) is 0. The molecule has 2 aromatic heterocycles. The first-order valence-electron chi connectivity index (χ1n) is 6.41. The molecule has 0 radical (unpaired) electrons. The van der Waals surface area contributed by atoms with Gasteiger partial charge in [0.15, 0.2) is 0 Å². The average Bonchev–Trinajstić information content (AvgIpc) is 2.50. The van der Waals surface area contributed by atoms with Gasteiger partial charge in [0.05, 0.1) is 16.8 Å². The summed E-state index contributed by atoms with van der Waals surface area (Å²) in [6.07, 6.45) is 5.36. The summed E-state index contributed by atoms with van der Waals surface area (Å²) in [5, 5.41) is 6.27. The third kappa shape index (κ3) is 2.38. The Balaban J connectivity index is 2.14. The van der Waals surface area contributed by atoms with Crippen molar-refractivity contribution in [3.8, 4) is 0 Å². The lowest BCUT2D eigenvalue weighted by molar-refractivity contribution is 0.676. The number of nitrogens with one attached hydrogen (secondary N) is 1. The van der Waals surface area contributed by atoms with Crippen LogP contribution in [0.4, 0.5) is 0 Å². The van der Waals surface area contributed by atoms with Gasteiger partial charge in [-0.05, 0) is 36.2 Å². The summed E-state index contributed by atoms with van der Waals surface area (Å²) in [4.78, 5) is 8.59. The van der Waals surface area contributed by atoms with Crippen LogP contribution in [0.15, 0.2) is 55.0 Å². The number of benzene rings is 1. The van der Waals surface area contributed by atoms with Gasteiger partial charge in [0.25, 0.3) is 0 Å². The van der Waals surface area contributed by atoms with E-state index in [4.69, 9.17) is 11.6 Å². The van der Waals surface area contributed by atoms with Crippen molar-refractivity contribution in [2.45, 2.75) is 6.04 Å². The summed E-state index contributed by atoms with van der Waals surface area (Å²) >= 11 is 5.91. The molecule has 100 valence electrons. The summed E-state index contributed by atoms with van der Waals surface area (Å²) in [5.41, 5.74) is 2.13. The van der Waals surface area contributed by atoms with Crippen LogP contribution in [0.1, 0.15) is 17.3 Å². The number of fused-ring (bicyclic) bond motifs is 1. The lowest BCUT2D eigenvalue weighted by atomic mass is 9.97. The Morgan fingerprint density at radius 1 is 1.10 bits per heavy atom. The zero-order valence-electron chi connectivity index (χ0n) is 11.0. The number of hydrogen-bond donors (Lipinski definition) is 1. The fraction of sp³-hybridized carbons (Fsp3) is 0.125. The third-order valence-electron chi connectivity index (χ3n) is 3.36. The van der Waals surface area contributed by atoms with Crippen LogP contribution in [0.5, 0.6) is 0 Å². The number of halogens is 1. The van der Waals surface area contributed by atoms with Gasteiger partial charge < -0.3 is 5.32 Å². The van der Waals surface area contributed by atoms with Crippen molar-refractivity contribution < 1.29 is 0 Å². The van der Waals surface area contributed by atoms with Gasteiger partial charge in [-0.2, -0.15) is 0 Å². The maximum atomic E-state index is 5.91. The zero-order chi connectivity index (χ0) is 13.9. The molecule has 0 aliphatic rings. The molecule has 1 aromatic carbocycles. The van der Waals surface area contributed by atoms with E-state index < -0.39 is 0 Å². The molecule has 0 bridgehead atoms. The first kappa shape index (κ1) is 13.0. The number of rotatable bonds is 3. The van der Waals surface area contributed by atoms with Gasteiger partial charge in [0.2, 0.25) is 0 Å². The van der Waals surface area contributed by atoms with Gasteiger partial charge in [-0.1, -0.05) is 29.8 Å². The van der Waals surface area contributed by atoms with E-state index in [0.29, 0.717) is 5.02 Å². The normalized spacial score (nSPS) is 12.5. The molecule has 1 unspecified atom stereocenters. The van der Waals surface area contributed by atoms with Gasteiger partial charge in [0, 0.05) is 24.0 Å². The first-order valence-corrected chi connectivity index (χ1v) is 6.79. The Bertz CT molecular complexity index is 720. The van der Waals surface area contributed by atoms with E-state index in [1.807, 2.05) is 43.7 Å². The fourth-order valence-electron chi connectivity index (χ4n) is 2.42. The predicted octanol–water partition coefficient (Wildman–Crippen LogP) is 3.59. The largest absolute Gasteiger partial charge is 0.308 e. The Morgan fingerprint density at radius 3 is 2.75 bits per heavy atom. The van der Waals surface area contributed by atoms with E-state index in [9.17, 15) is 0 Å². The number of nitrogens with zero attached hydrogens (tertiary/aromatic N) is 2. The molecule has 20 heavy (non-hydrogen) atoms. The van der Waals surface area contributed by atoms with Crippen LogP contribution in [-0.4, -0.2) is 17.0 Å². The van der Waals surface area contributed by atoms with Crippen molar-refractivity contribution >= 4 is 22.4 Å². The maximum absolute atomic E-state index is 5.91. The topological polar surface area (TPSA) is 37.8 Å². The monoisotopic (exact) mass is 283 g/mol. The van der Waals surface area contributed by atoms with E-state index in [0.717, 1.165) is 11.1 Å². The van der Waals surface area contributed by atoms with Gasteiger partial charge in [-0.15, -0.1) is 0 Å². The zero-order valence-corrected chi connectivity index (χ0v) is 11.8. The van der Waals surface area contributed by atoms with Crippen molar-refractivity contribution in [1.29, 1.82) is 0 Å². The molecule has 3 aromatic rings. The number of hydrogen-bond acceptors (Lipinski definition) is 3. The highest BCUT2D eigenvalue weighted by molar-refractivity contribution is 6.30. The van der Waals surface area contributed by atoms with Crippen molar-refractivity contribution in [2.24, 2.45) is 0 Å². The Kier molecular flexibility index (Phi) is 3.63. The van der Waals surface area contributed by atoms with Crippen molar-refractivity contribution in [2.75, 3.05) is 7.05 Å². The molecule has 4 heteroatoms. The van der Waals surface area contributed by atoms with Crippen LogP contribution in [0.2, 0.25) is 5.02 Å². The maximum Gasteiger partial charge on any atom is 0.0755 e. The molecular formula is C16H14ClN3. The molecule has 2 heterocycles. The molecule has 0 saturated carbocycles. The molecule has 0 aliphatic carbocycles. The fourth-order valence-corrected chi connectivity index (χ4v) is 2.53. The molecule has 1 N–H and O–H groups in total. The molecule has 3 nitrogen and oxygen atoms in total. The van der Waals surface area contributed by atoms with E-state index in [1.165, 1.54) is 10.9 Å². The van der Waals surface area contributed by atoms with Crippen molar-refractivity contribution in [3.63, 3.8) is 0 Å². The second-order valence-electron chi connectivity index (χ2n) is 4.57. The summed E-state index contributed by atoms with van der Waals surface area (Å²) in [7, 11) is 1.93. The minimum absolute atomic E-state index is 0.0263. The molecule has 1 atom stereocenters. The number of pyridine rings is 2. The predicted molar refractivity (Wildman–Crippen MR) is 81.9 cm³/mol. The molecule has 0 saturated heterocycles. The van der Waals surface area contributed by atoms with Gasteiger partial charge in [-0.25, -0.2) is 0 Å². The highest BCUT2D eigenvalue weighted by Gasteiger charge is 2.15. The van der Waals surface area contributed by atoms with Gasteiger partial charge >= 0.3 is 0 Å². The molecule has 0 aliphatic heterocycles.